The van der Waals surface area contributed by atoms with Crippen LogP contribution in [0.3, 0.4) is 0 Å². The minimum atomic E-state index is 0.874. The summed E-state index contributed by atoms with van der Waals surface area (Å²) >= 11 is 2.04. The lowest BCUT2D eigenvalue weighted by Crippen LogP contribution is -2.08. The molecule has 0 N–H and O–H groups in total. The van der Waals surface area contributed by atoms with Crippen molar-refractivity contribution in [2.45, 2.75) is 37.4 Å². The summed E-state index contributed by atoms with van der Waals surface area (Å²) in [6.07, 6.45) is 7.08. The van der Waals surface area contributed by atoms with E-state index in [1.165, 1.54) is 32.1 Å². The van der Waals surface area contributed by atoms with Gasteiger partial charge in [0.1, 0.15) is 0 Å². The van der Waals surface area contributed by atoms with Gasteiger partial charge >= 0.3 is 0 Å². The van der Waals surface area contributed by atoms with Gasteiger partial charge in [0.2, 0.25) is 0 Å². The molecule has 0 heterocycles. The van der Waals surface area contributed by atoms with Crippen molar-refractivity contribution in [3.05, 3.63) is 35.9 Å². The Morgan fingerprint density at radius 3 is 2.56 bits per heavy atom. The van der Waals surface area contributed by atoms with Crippen LogP contribution in [0.2, 0.25) is 0 Å². The van der Waals surface area contributed by atoms with Crippen molar-refractivity contribution in [3.63, 3.8) is 0 Å². The largest absolute Gasteiger partial charge is 0.145 e. The van der Waals surface area contributed by atoms with Gasteiger partial charge in [0.05, 0.1) is 5.75 Å². The van der Waals surface area contributed by atoms with Gasteiger partial charge in [-0.2, -0.15) is 0 Å². The van der Waals surface area contributed by atoms with Crippen molar-refractivity contribution in [1.29, 1.82) is 0 Å². The topological polar surface area (TPSA) is 0 Å². The Morgan fingerprint density at radius 1 is 1.06 bits per heavy atom. The van der Waals surface area contributed by atoms with Gasteiger partial charge in [0.25, 0.3) is 0 Å². The summed E-state index contributed by atoms with van der Waals surface area (Å²) in [6, 6.07) is 10.2. The maximum absolute atomic E-state index is 3.26. The van der Waals surface area contributed by atoms with E-state index in [0.717, 1.165) is 16.6 Å². The number of rotatable bonds is 2. The molecule has 0 spiro atoms. The fourth-order valence-electron chi connectivity index (χ4n) is 2.05. The first-order valence-corrected chi connectivity index (χ1v) is 7.15. The molecule has 84 valence electrons. The van der Waals surface area contributed by atoms with Crippen molar-refractivity contribution in [2.24, 2.45) is 0 Å². The summed E-state index contributed by atoms with van der Waals surface area (Å²) in [5.41, 5.74) is 1.13. The molecule has 1 aromatic carbocycles. The number of hydrogen-bond acceptors (Lipinski definition) is 1. The predicted octanol–water partition coefficient (Wildman–Crippen LogP) is 4.10. The second-order valence-electron chi connectivity index (χ2n) is 4.24. The highest BCUT2D eigenvalue weighted by Crippen LogP contribution is 2.27. The van der Waals surface area contributed by atoms with Crippen molar-refractivity contribution >= 4 is 11.8 Å². The molecule has 0 aliphatic heterocycles. The van der Waals surface area contributed by atoms with Crippen LogP contribution in [0.25, 0.3) is 0 Å². The third kappa shape index (κ3) is 3.94. The molecule has 0 amide bonds. The zero-order valence-electron chi connectivity index (χ0n) is 9.61. The summed E-state index contributed by atoms with van der Waals surface area (Å²) in [7, 11) is 0. The molecular formula is C15H18S. The van der Waals surface area contributed by atoms with E-state index in [-0.39, 0.29) is 0 Å². The van der Waals surface area contributed by atoms with Gasteiger partial charge in [-0.05, 0) is 25.0 Å². The summed E-state index contributed by atoms with van der Waals surface area (Å²) in [6.45, 7) is 0. The highest BCUT2D eigenvalue weighted by Gasteiger charge is 2.12. The number of benzene rings is 1. The van der Waals surface area contributed by atoms with E-state index in [4.69, 9.17) is 0 Å². The fraction of sp³-hybridized carbons (Fsp3) is 0.467. The normalized spacial score (nSPS) is 16.5. The van der Waals surface area contributed by atoms with Gasteiger partial charge < -0.3 is 0 Å². The predicted molar refractivity (Wildman–Crippen MR) is 72.7 cm³/mol. The van der Waals surface area contributed by atoms with E-state index in [0.29, 0.717) is 0 Å². The SMILES string of the molecule is C(#Cc1ccccc1)CSC1CCCCC1. The zero-order chi connectivity index (χ0) is 11.1. The first-order valence-electron chi connectivity index (χ1n) is 6.11. The molecule has 1 heteroatoms. The van der Waals surface area contributed by atoms with E-state index < -0.39 is 0 Å². The Kier molecular flexibility index (Phi) is 4.83. The van der Waals surface area contributed by atoms with Crippen LogP contribution in [0, 0.1) is 11.8 Å². The molecule has 1 fully saturated rings. The Bertz CT molecular complexity index is 352. The van der Waals surface area contributed by atoms with Gasteiger partial charge in [-0.1, -0.05) is 49.3 Å². The summed E-state index contributed by atoms with van der Waals surface area (Å²) in [4.78, 5) is 0. The maximum Gasteiger partial charge on any atom is 0.0553 e. The van der Waals surface area contributed by atoms with E-state index in [9.17, 15) is 0 Å². The van der Waals surface area contributed by atoms with E-state index in [1.54, 1.807) is 0 Å². The van der Waals surface area contributed by atoms with Gasteiger partial charge in [0, 0.05) is 10.8 Å². The standard InChI is InChI=1S/C15H18S/c1-3-8-14(9-4-1)10-7-13-16-15-11-5-2-6-12-15/h1,3-4,8-9,15H,2,5-6,11-13H2. The summed E-state index contributed by atoms with van der Waals surface area (Å²) in [5.74, 6) is 7.46. The lowest BCUT2D eigenvalue weighted by molar-refractivity contribution is 0.516. The highest BCUT2D eigenvalue weighted by molar-refractivity contribution is 8.00. The van der Waals surface area contributed by atoms with Crippen molar-refractivity contribution in [3.8, 4) is 11.8 Å². The molecule has 2 rings (SSSR count). The van der Waals surface area contributed by atoms with Gasteiger partial charge in [-0.25, -0.2) is 0 Å². The monoisotopic (exact) mass is 230 g/mol. The molecule has 0 unspecified atom stereocenters. The van der Waals surface area contributed by atoms with Gasteiger partial charge in [0.15, 0.2) is 0 Å². The van der Waals surface area contributed by atoms with E-state index in [2.05, 4.69) is 24.0 Å². The third-order valence-electron chi connectivity index (χ3n) is 2.95. The molecule has 0 radical (unpaired) electrons. The second kappa shape index (κ2) is 6.66. The van der Waals surface area contributed by atoms with Crippen LogP contribution in [0.1, 0.15) is 37.7 Å². The zero-order valence-corrected chi connectivity index (χ0v) is 10.4. The molecule has 1 aliphatic rings. The number of hydrogen-bond donors (Lipinski definition) is 0. The van der Waals surface area contributed by atoms with E-state index in [1.807, 2.05) is 30.0 Å². The second-order valence-corrected chi connectivity index (χ2v) is 5.53. The molecule has 1 aliphatic carbocycles. The van der Waals surface area contributed by atoms with Crippen molar-refractivity contribution in [1.82, 2.24) is 0 Å². The molecule has 0 saturated heterocycles. The average molecular weight is 230 g/mol. The first kappa shape index (κ1) is 11.6. The van der Waals surface area contributed by atoms with Crippen LogP contribution >= 0.6 is 11.8 Å². The summed E-state index contributed by atoms with van der Waals surface area (Å²) < 4.78 is 0. The molecule has 0 atom stereocenters. The molecule has 0 bridgehead atoms. The van der Waals surface area contributed by atoms with Gasteiger partial charge in [-0.15, -0.1) is 11.8 Å². The summed E-state index contributed by atoms with van der Waals surface area (Å²) in [5, 5.41) is 0.874. The fourth-order valence-corrected chi connectivity index (χ4v) is 3.11. The average Bonchev–Trinajstić information content (AvgIpc) is 2.37. The Morgan fingerprint density at radius 2 is 1.81 bits per heavy atom. The van der Waals surface area contributed by atoms with Crippen molar-refractivity contribution in [2.75, 3.05) is 5.75 Å². The smallest absolute Gasteiger partial charge is 0.0553 e. The van der Waals surface area contributed by atoms with Crippen molar-refractivity contribution < 1.29 is 0 Å². The first-order chi connectivity index (χ1) is 7.95. The third-order valence-corrected chi connectivity index (χ3v) is 4.20. The molecular weight excluding hydrogens is 212 g/mol. The van der Waals surface area contributed by atoms with Gasteiger partial charge in [-0.3, -0.25) is 0 Å². The van der Waals surface area contributed by atoms with Crippen LogP contribution in [0.5, 0.6) is 0 Å². The van der Waals surface area contributed by atoms with Crippen LogP contribution in [0.15, 0.2) is 30.3 Å². The quantitative estimate of drug-likeness (QED) is 0.689. The highest BCUT2D eigenvalue weighted by atomic mass is 32.2. The van der Waals surface area contributed by atoms with Crippen LogP contribution in [0.4, 0.5) is 0 Å². The molecule has 0 nitrogen and oxygen atoms in total. The lowest BCUT2D eigenvalue weighted by Gasteiger charge is -2.19. The van der Waals surface area contributed by atoms with E-state index >= 15 is 0 Å². The molecule has 1 aromatic rings. The lowest BCUT2D eigenvalue weighted by atomic mass is 10.0. The molecule has 1 saturated carbocycles. The minimum Gasteiger partial charge on any atom is -0.145 e. The van der Waals surface area contributed by atoms with Crippen LogP contribution in [-0.2, 0) is 0 Å². The number of thioether (sulfide) groups is 1. The van der Waals surface area contributed by atoms with Crippen LogP contribution < -0.4 is 0 Å². The van der Waals surface area contributed by atoms with Crippen LogP contribution in [-0.4, -0.2) is 11.0 Å². The Balaban J connectivity index is 1.73. The minimum absolute atomic E-state index is 0.874. The molecule has 16 heavy (non-hydrogen) atoms. The Hall–Kier alpha value is -0.870. The molecule has 0 aromatic heterocycles. The maximum atomic E-state index is 3.26. The Labute approximate surface area is 103 Å².